The number of fused-ring (bicyclic) bond motifs is 1. The molecule has 7 nitrogen and oxygen atoms in total. The van der Waals surface area contributed by atoms with Gasteiger partial charge in [0.15, 0.2) is 9.84 Å². The highest BCUT2D eigenvalue weighted by Crippen LogP contribution is 2.48. The van der Waals surface area contributed by atoms with Gasteiger partial charge in [-0.3, -0.25) is 4.79 Å². The summed E-state index contributed by atoms with van der Waals surface area (Å²) in [6.07, 6.45) is 5.93. The van der Waals surface area contributed by atoms with Crippen LogP contribution in [-0.2, 0) is 31.3 Å². The summed E-state index contributed by atoms with van der Waals surface area (Å²) in [5, 5.41) is -0.178. The van der Waals surface area contributed by atoms with E-state index in [4.69, 9.17) is 4.74 Å². The standard InChI is InChI=1S/C35H48FN3O4S/c1-4-5-31(43-25(2)40)19-35(24-37(3)23-27-6-7-29(36)18-34(27)35)28-14-16-38(17-15-28)20-26-21-39(22-26)30-8-10-32(11-9-30)44(41,42)33-12-13-33/h6-11,18,26,28,31,33H,4-5,12-17,19-24H2,1-3H3/t31-,35?/m0/s1. The number of nitrogens with zero attached hydrogens (tertiary/aromatic N) is 3. The predicted molar refractivity (Wildman–Crippen MR) is 171 cm³/mol. The zero-order chi connectivity index (χ0) is 31.1. The van der Waals surface area contributed by atoms with Gasteiger partial charge in [0.25, 0.3) is 0 Å². The van der Waals surface area contributed by atoms with Gasteiger partial charge >= 0.3 is 5.97 Å². The second kappa shape index (κ2) is 12.7. The van der Waals surface area contributed by atoms with Crippen LogP contribution in [0.2, 0.25) is 0 Å². The lowest BCUT2D eigenvalue weighted by molar-refractivity contribution is -0.148. The van der Waals surface area contributed by atoms with Crippen LogP contribution >= 0.6 is 0 Å². The Morgan fingerprint density at radius 2 is 1.77 bits per heavy atom. The molecule has 3 fully saturated rings. The van der Waals surface area contributed by atoms with Crippen LogP contribution in [-0.4, -0.2) is 81.9 Å². The van der Waals surface area contributed by atoms with Crippen molar-refractivity contribution in [3.8, 4) is 0 Å². The van der Waals surface area contributed by atoms with E-state index in [-0.39, 0.29) is 28.6 Å². The molecule has 0 N–H and O–H groups in total. The molecule has 2 atom stereocenters. The lowest BCUT2D eigenvalue weighted by Crippen LogP contribution is -2.55. The summed E-state index contributed by atoms with van der Waals surface area (Å²) in [4.78, 5) is 19.8. The highest BCUT2D eigenvalue weighted by atomic mass is 32.2. The summed E-state index contributed by atoms with van der Waals surface area (Å²) in [5.41, 5.74) is 3.14. The molecule has 0 radical (unpaired) electrons. The number of esters is 1. The largest absolute Gasteiger partial charge is 0.463 e. The molecule has 1 aliphatic carbocycles. The number of anilines is 1. The zero-order valence-corrected chi connectivity index (χ0v) is 27.3. The summed E-state index contributed by atoms with van der Waals surface area (Å²) < 4.78 is 45.7. The molecule has 4 aliphatic rings. The maximum atomic E-state index is 14.8. The summed E-state index contributed by atoms with van der Waals surface area (Å²) in [5.74, 6) is 0.526. The Morgan fingerprint density at radius 3 is 2.41 bits per heavy atom. The van der Waals surface area contributed by atoms with E-state index in [0.717, 1.165) is 102 Å². The van der Waals surface area contributed by atoms with Gasteiger partial charge in [-0.15, -0.1) is 0 Å². The Labute approximate surface area is 262 Å². The van der Waals surface area contributed by atoms with E-state index in [2.05, 4.69) is 28.7 Å². The van der Waals surface area contributed by atoms with Crippen LogP contribution in [0.25, 0.3) is 0 Å². The first-order valence-electron chi connectivity index (χ1n) is 16.5. The number of piperidine rings is 1. The minimum Gasteiger partial charge on any atom is -0.463 e. The number of halogens is 1. The van der Waals surface area contributed by atoms with Gasteiger partial charge in [-0.2, -0.15) is 0 Å². The molecule has 240 valence electrons. The third kappa shape index (κ3) is 6.56. The molecule has 2 saturated heterocycles. The molecule has 2 aromatic rings. The number of carbonyl (C=O) groups excluding carboxylic acids is 1. The average molecular weight is 626 g/mol. The zero-order valence-electron chi connectivity index (χ0n) is 26.5. The minimum atomic E-state index is -3.15. The Morgan fingerprint density at radius 1 is 1.07 bits per heavy atom. The third-order valence-corrected chi connectivity index (χ3v) is 12.8. The molecule has 0 spiro atoms. The Hall–Kier alpha value is -2.49. The van der Waals surface area contributed by atoms with Crippen molar-refractivity contribution in [1.29, 1.82) is 0 Å². The van der Waals surface area contributed by atoms with Gasteiger partial charge in [-0.05, 0) is 112 Å². The molecule has 44 heavy (non-hydrogen) atoms. The maximum absolute atomic E-state index is 14.8. The molecular weight excluding hydrogens is 577 g/mol. The fourth-order valence-corrected chi connectivity index (χ4v) is 9.92. The predicted octanol–water partition coefficient (Wildman–Crippen LogP) is 5.42. The van der Waals surface area contributed by atoms with Crippen LogP contribution in [0, 0.1) is 17.7 Å². The maximum Gasteiger partial charge on any atom is 0.302 e. The van der Waals surface area contributed by atoms with E-state index in [1.165, 1.54) is 12.5 Å². The molecular formula is C35H48FN3O4S. The van der Waals surface area contributed by atoms with Gasteiger partial charge in [0, 0.05) is 56.7 Å². The Bertz CT molecular complexity index is 1430. The van der Waals surface area contributed by atoms with Gasteiger partial charge in [-0.25, -0.2) is 12.8 Å². The Kier molecular flexibility index (Phi) is 9.10. The first kappa shape index (κ1) is 31.5. The van der Waals surface area contributed by atoms with Gasteiger partial charge < -0.3 is 19.4 Å². The summed E-state index contributed by atoms with van der Waals surface area (Å²) in [6, 6.07) is 12.8. The van der Waals surface area contributed by atoms with Crippen molar-refractivity contribution >= 4 is 21.5 Å². The molecule has 0 aromatic heterocycles. The van der Waals surface area contributed by atoms with Crippen LogP contribution in [0.1, 0.15) is 69.9 Å². The molecule has 9 heteroatoms. The summed E-state index contributed by atoms with van der Waals surface area (Å²) in [6.45, 7) is 10.3. The topological polar surface area (TPSA) is 70.2 Å². The second-order valence-electron chi connectivity index (χ2n) is 13.9. The van der Waals surface area contributed by atoms with Gasteiger partial charge in [0.1, 0.15) is 11.9 Å². The molecule has 6 rings (SSSR count). The first-order chi connectivity index (χ1) is 21.1. The average Bonchev–Trinajstić information content (AvgIpc) is 3.82. The van der Waals surface area contributed by atoms with Gasteiger partial charge in [0.2, 0.25) is 0 Å². The van der Waals surface area contributed by atoms with Crippen molar-refractivity contribution in [1.82, 2.24) is 9.80 Å². The summed E-state index contributed by atoms with van der Waals surface area (Å²) in [7, 11) is -0.998. The number of hydrogen-bond acceptors (Lipinski definition) is 7. The van der Waals surface area contributed by atoms with E-state index in [1.54, 1.807) is 24.3 Å². The number of benzene rings is 2. The van der Waals surface area contributed by atoms with Gasteiger partial charge in [0.05, 0.1) is 10.1 Å². The highest BCUT2D eigenvalue weighted by Gasteiger charge is 2.48. The number of sulfone groups is 1. The third-order valence-electron chi connectivity index (χ3n) is 10.5. The smallest absolute Gasteiger partial charge is 0.302 e. The Balaban J connectivity index is 1.10. The van der Waals surface area contributed by atoms with Crippen LogP contribution in [0.5, 0.6) is 0 Å². The molecule has 1 saturated carbocycles. The monoisotopic (exact) mass is 625 g/mol. The first-order valence-corrected chi connectivity index (χ1v) is 18.1. The second-order valence-corrected chi connectivity index (χ2v) is 16.2. The molecule has 0 bridgehead atoms. The molecule has 1 unspecified atom stereocenters. The van der Waals surface area contributed by atoms with E-state index >= 15 is 0 Å². The minimum absolute atomic E-state index is 0.178. The highest BCUT2D eigenvalue weighted by molar-refractivity contribution is 7.92. The van der Waals surface area contributed by atoms with Crippen molar-refractivity contribution in [3.05, 3.63) is 59.4 Å². The fraction of sp³-hybridized carbons (Fsp3) is 0.629. The van der Waals surface area contributed by atoms with Crippen molar-refractivity contribution < 1.29 is 22.3 Å². The SMILES string of the molecule is CCC[C@@H](CC1(C2CCN(CC3CN(c4ccc(S(=O)(=O)C5CC5)cc4)C3)CC2)CN(C)Cc2ccc(F)cc21)OC(C)=O. The summed E-state index contributed by atoms with van der Waals surface area (Å²) >= 11 is 0. The van der Waals surface area contributed by atoms with Crippen molar-refractivity contribution in [2.75, 3.05) is 51.2 Å². The molecule has 2 aromatic carbocycles. The lowest BCUT2D eigenvalue weighted by atomic mass is 9.61. The van der Waals surface area contributed by atoms with E-state index in [0.29, 0.717) is 16.7 Å². The molecule has 0 amide bonds. The quantitative estimate of drug-likeness (QED) is 0.309. The number of likely N-dealkylation sites (tertiary alicyclic amines) is 1. The number of rotatable bonds is 11. The normalized spacial score (nSPS) is 24.5. The molecule has 3 heterocycles. The van der Waals surface area contributed by atoms with Crippen molar-refractivity contribution in [3.63, 3.8) is 0 Å². The van der Waals surface area contributed by atoms with E-state index in [1.807, 2.05) is 18.2 Å². The van der Waals surface area contributed by atoms with Crippen LogP contribution in [0.3, 0.4) is 0 Å². The molecule has 3 aliphatic heterocycles. The number of carbonyl (C=O) groups is 1. The van der Waals surface area contributed by atoms with Crippen LogP contribution in [0.15, 0.2) is 47.4 Å². The van der Waals surface area contributed by atoms with Crippen LogP contribution in [0.4, 0.5) is 10.1 Å². The van der Waals surface area contributed by atoms with Crippen molar-refractivity contribution in [2.45, 2.75) is 87.0 Å². The van der Waals surface area contributed by atoms with E-state index in [9.17, 15) is 17.6 Å². The van der Waals surface area contributed by atoms with E-state index < -0.39 is 9.84 Å². The number of likely N-dealkylation sites (N-methyl/N-ethyl adjacent to an activating group) is 1. The number of hydrogen-bond donors (Lipinski definition) is 0. The van der Waals surface area contributed by atoms with Gasteiger partial charge in [-0.1, -0.05) is 19.4 Å². The lowest BCUT2D eigenvalue weighted by Gasteiger charge is -2.52. The fourth-order valence-electron chi connectivity index (χ4n) is 8.27. The van der Waals surface area contributed by atoms with Crippen molar-refractivity contribution in [2.24, 2.45) is 11.8 Å². The van der Waals surface area contributed by atoms with Crippen LogP contribution < -0.4 is 4.90 Å². The number of ether oxygens (including phenoxy) is 1.